The Kier molecular flexibility index (Phi) is 2.47. The van der Waals surface area contributed by atoms with Crippen LogP contribution in [0.5, 0.6) is 11.5 Å². The summed E-state index contributed by atoms with van der Waals surface area (Å²) in [5.74, 6) is 2.60. The van der Waals surface area contributed by atoms with Gasteiger partial charge < -0.3 is 14.8 Å². The van der Waals surface area contributed by atoms with Crippen molar-refractivity contribution in [3.05, 3.63) is 24.4 Å². The SMILES string of the molecule is c1cc2cc3c(cc2c(NC2CCCC2)n1)OCO3. The lowest BCUT2D eigenvalue weighted by molar-refractivity contribution is 0.174. The van der Waals surface area contributed by atoms with Crippen LogP contribution in [0.1, 0.15) is 25.7 Å². The van der Waals surface area contributed by atoms with Crippen molar-refractivity contribution >= 4 is 16.6 Å². The molecule has 4 nitrogen and oxygen atoms in total. The topological polar surface area (TPSA) is 43.4 Å². The van der Waals surface area contributed by atoms with E-state index < -0.39 is 0 Å². The number of ether oxygens (including phenoxy) is 2. The molecule has 0 saturated heterocycles. The highest BCUT2D eigenvalue weighted by molar-refractivity contribution is 5.94. The van der Waals surface area contributed by atoms with Gasteiger partial charge in [-0.05, 0) is 36.4 Å². The smallest absolute Gasteiger partial charge is 0.231 e. The van der Waals surface area contributed by atoms with Crippen LogP contribution in [0.25, 0.3) is 10.8 Å². The summed E-state index contributed by atoms with van der Waals surface area (Å²) in [7, 11) is 0. The quantitative estimate of drug-likeness (QED) is 0.895. The summed E-state index contributed by atoms with van der Waals surface area (Å²) in [6.45, 7) is 0.310. The Labute approximate surface area is 111 Å². The Morgan fingerprint density at radius 2 is 1.89 bits per heavy atom. The zero-order valence-electron chi connectivity index (χ0n) is 10.7. The van der Waals surface area contributed by atoms with E-state index in [1.165, 1.54) is 25.7 Å². The van der Waals surface area contributed by atoms with Crippen LogP contribution in [0.4, 0.5) is 5.82 Å². The molecule has 1 aliphatic heterocycles. The summed E-state index contributed by atoms with van der Waals surface area (Å²) in [5, 5.41) is 5.82. The Balaban J connectivity index is 1.77. The molecule has 2 heterocycles. The van der Waals surface area contributed by atoms with Crippen molar-refractivity contribution in [2.75, 3.05) is 12.1 Å². The van der Waals surface area contributed by atoms with Crippen LogP contribution < -0.4 is 14.8 Å². The number of hydrogen-bond donors (Lipinski definition) is 1. The summed E-state index contributed by atoms with van der Waals surface area (Å²) < 4.78 is 10.9. The molecule has 0 amide bonds. The third-order valence-electron chi connectivity index (χ3n) is 3.95. The van der Waals surface area contributed by atoms with Gasteiger partial charge in [-0.15, -0.1) is 0 Å². The second kappa shape index (κ2) is 4.30. The molecule has 4 heteroatoms. The highest BCUT2D eigenvalue weighted by atomic mass is 16.7. The van der Waals surface area contributed by atoms with Crippen LogP contribution >= 0.6 is 0 Å². The van der Waals surface area contributed by atoms with Crippen LogP contribution in [0.2, 0.25) is 0 Å². The zero-order valence-corrected chi connectivity index (χ0v) is 10.7. The molecule has 0 radical (unpaired) electrons. The molecular formula is C15H16N2O2. The van der Waals surface area contributed by atoms with E-state index in [2.05, 4.69) is 10.3 Å². The van der Waals surface area contributed by atoms with E-state index in [0.717, 1.165) is 28.1 Å². The molecule has 4 rings (SSSR count). The average molecular weight is 256 g/mol. The van der Waals surface area contributed by atoms with E-state index in [9.17, 15) is 0 Å². The number of hydrogen-bond acceptors (Lipinski definition) is 4. The molecule has 0 spiro atoms. The second-order valence-corrected chi connectivity index (χ2v) is 5.21. The highest BCUT2D eigenvalue weighted by Crippen LogP contribution is 2.38. The fourth-order valence-electron chi connectivity index (χ4n) is 2.94. The van der Waals surface area contributed by atoms with Gasteiger partial charge in [0.15, 0.2) is 11.5 Å². The van der Waals surface area contributed by atoms with Crippen molar-refractivity contribution in [1.29, 1.82) is 0 Å². The van der Waals surface area contributed by atoms with Gasteiger partial charge in [-0.1, -0.05) is 12.8 Å². The molecule has 19 heavy (non-hydrogen) atoms. The van der Waals surface area contributed by atoms with Crippen LogP contribution in [0, 0.1) is 0 Å². The first-order valence-electron chi connectivity index (χ1n) is 6.85. The summed E-state index contributed by atoms with van der Waals surface area (Å²) in [6, 6.07) is 6.63. The van der Waals surface area contributed by atoms with Gasteiger partial charge in [0.1, 0.15) is 5.82 Å². The van der Waals surface area contributed by atoms with Crippen molar-refractivity contribution in [1.82, 2.24) is 4.98 Å². The fraction of sp³-hybridized carbons (Fsp3) is 0.400. The van der Waals surface area contributed by atoms with Crippen LogP contribution in [-0.4, -0.2) is 17.8 Å². The average Bonchev–Trinajstić information content (AvgIpc) is 3.07. The van der Waals surface area contributed by atoms with E-state index in [4.69, 9.17) is 9.47 Å². The molecule has 2 aliphatic rings. The number of aromatic nitrogens is 1. The Hall–Kier alpha value is -1.97. The van der Waals surface area contributed by atoms with Gasteiger partial charge >= 0.3 is 0 Å². The van der Waals surface area contributed by atoms with Crippen molar-refractivity contribution in [2.45, 2.75) is 31.7 Å². The lowest BCUT2D eigenvalue weighted by atomic mass is 10.1. The van der Waals surface area contributed by atoms with Gasteiger partial charge in [-0.25, -0.2) is 4.98 Å². The Bertz CT molecular complexity index is 621. The number of anilines is 1. The Morgan fingerprint density at radius 3 is 2.74 bits per heavy atom. The lowest BCUT2D eigenvalue weighted by Crippen LogP contribution is -2.15. The summed E-state index contributed by atoms with van der Waals surface area (Å²) in [4.78, 5) is 4.49. The number of nitrogens with zero attached hydrogens (tertiary/aromatic N) is 1. The maximum Gasteiger partial charge on any atom is 0.231 e. The van der Waals surface area contributed by atoms with Crippen molar-refractivity contribution in [3.8, 4) is 11.5 Å². The first-order chi connectivity index (χ1) is 9.40. The van der Waals surface area contributed by atoms with E-state index in [-0.39, 0.29) is 0 Å². The predicted octanol–water partition coefficient (Wildman–Crippen LogP) is 3.32. The molecule has 1 saturated carbocycles. The van der Waals surface area contributed by atoms with Gasteiger partial charge in [0.25, 0.3) is 0 Å². The van der Waals surface area contributed by atoms with Crippen LogP contribution in [0.15, 0.2) is 24.4 Å². The molecule has 0 bridgehead atoms. The molecule has 2 aromatic rings. The number of fused-ring (bicyclic) bond motifs is 2. The minimum Gasteiger partial charge on any atom is -0.454 e. The standard InChI is InChI=1S/C15H16N2O2/c1-2-4-11(3-1)17-15-12-8-14-13(18-9-19-14)7-10(12)5-6-16-15/h5-8,11H,1-4,9H2,(H,16,17). The van der Waals surface area contributed by atoms with Gasteiger partial charge in [-0.3, -0.25) is 0 Å². The molecule has 1 aromatic heterocycles. The monoisotopic (exact) mass is 256 g/mol. The summed E-state index contributed by atoms with van der Waals surface area (Å²) in [6.07, 6.45) is 6.95. The minimum atomic E-state index is 0.310. The molecule has 0 unspecified atom stereocenters. The summed E-state index contributed by atoms with van der Waals surface area (Å²) >= 11 is 0. The van der Waals surface area contributed by atoms with E-state index in [1.807, 2.05) is 24.4 Å². The number of benzene rings is 1. The number of pyridine rings is 1. The van der Waals surface area contributed by atoms with Gasteiger partial charge in [-0.2, -0.15) is 0 Å². The second-order valence-electron chi connectivity index (χ2n) is 5.21. The maximum atomic E-state index is 5.45. The maximum absolute atomic E-state index is 5.45. The third-order valence-corrected chi connectivity index (χ3v) is 3.95. The number of nitrogens with one attached hydrogen (secondary N) is 1. The minimum absolute atomic E-state index is 0.310. The normalized spacial score (nSPS) is 18.1. The van der Waals surface area contributed by atoms with E-state index in [0.29, 0.717) is 12.8 Å². The first kappa shape index (κ1) is 10.9. The van der Waals surface area contributed by atoms with Gasteiger partial charge in [0.05, 0.1) is 0 Å². The van der Waals surface area contributed by atoms with E-state index >= 15 is 0 Å². The van der Waals surface area contributed by atoms with Gasteiger partial charge in [0.2, 0.25) is 6.79 Å². The molecule has 0 atom stereocenters. The fourth-order valence-corrected chi connectivity index (χ4v) is 2.94. The van der Waals surface area contributed by atoms with Crippen LogP contribution in [-0.2, 0) is 0 Å². The largest absolute Gasteiger partial charge is 0.454 e. The summed E-state index contributed by atoms with van der Waals surface area (Å²) in [5.41, 5.74) is 0. The van der Waals surface area contributed by atoms with Crippen molar-refractivity contribution in [3.63, 3.8) is 0 Å². The van der Waals surface area contributed by atoms with Crippen LogP contribution in [0.3, 0.4) is 0 Å². The number of rotatable bonds is 2. The zero-order chi connectivity index (χ0) is 12.7. The molecule has 1 aliphatic carbocycles. The lowest BCUT2D eigenvalue weighted by Gasteiger charge is -2.14. The molecule has 98 valence electrons. The highest BCUT2D eigenvalue weighted by Gasteiger charge is 2.19. The first-order valence-corrected chi connectivity index (χ1v) is 6.85. The Morgan fingerprint density at radius 1 is 1.11 bits per heavy atom. The third kappa shape index (κ3) is 1.87. The van der Waals surface area contributed by atoms with Gasteiger partial charge in [0, 0.05) is 17.6 Å². The van der Waals surface area contributed by atoms with Crippen molar-refractivity contribution < 1.29 is 9.47 Å². The predicted molar refractivity (Wildman–Crippen MR) is 73.7 cm³/mol. The van der Waals surface area contributed by atoms with Crippen molar-refractivity contribution in [2.24, 2.45) is 0 Å². The molecular weight excluding hydrogens is 240 g/mol. The molecule has 1 aromatic carbocycles. The van der Waals surface area contributed by atoms with E-state index in [1.54, 1.807) is 0 Å². The molecule has 1 fully saturated rings. The molecule has 1 N–H and O–H groups in total.